The van der Waals surface area contributed by atoms with Gasteiger partial charge in [0.1, 0.15) is 24.0 Å². The first kappa shape index (κ1) is 38.1. The van der Waals surface area contributed by atoms with Crippen molar-refractivity contribution in [2.75, 3.05) is 11.5 Å². The van der Waals surface area contributed by atoms with Crippen molar-refractivity contribution in [2.45, 2.75) is 78.4 Å². The molecule has 1 fully saturated rings. The Morgan fingerprint density at radius 2 is 1.23 bits per heavy atom. The molecule has 0 radical (unpaired) electrons. The molecule has 250 valence electrons. The molecule has 4 aromatic rings. The molecule has 1 aliphatic rings. The van der Waals surface area contributed by atoms with E-state index in [4.69, 9.17) is 33.9 Å². The number of pyridine rings is 2. The summed E-state index contributed by atoms with van der Waals surface area (Å²) < 4.78 is 39.0. The van der Waals surface area contributed by atoms with Gasteiger partial charge in [0.15, 0.2) is 0 Å². The SMILES string of the molecule is CC(C)c1cc(F)cc(Br)c1N.[C-]#[N+]c1cc(-c2cc(F)cc(C(C)C)c2N)ccn1.[C-]#[N+]c1cc(B2OC(C)(C)C(C)(C)O2)ccn1. The summed E-state index contributed by atoms with van der Waals surface area (Å²) in [6.07, 6.45) is 3.13. The van der Waals surface area contributed by atoms with Gasteiger partial charge < -0.3 is 30.5 Å². The van der Waals surface area contributed by atoms with Crippen LogP contribution in [0.1, 0.15) is 78.4 Å². The molecule has 0 atom stereocenters. The summed E-state index contributed by atoms with van der Waals surface area (Å²) in [6.45, 7) is 29.8. The number of benzene rings is 2. The van der Waals surface area contributed by atoms with Gasteiger partial charge in [0.05, 0.1) is 11.2 Å². The summed E-state index contributed by atoms with van der Waals surface area (Å²) in [5.41, 5.74) is 16.1. The van der Waals surface area contributed by atoms with Gasteiger partial charge in [-0.15, -0.1) is 9.97 Å². The van der Waals surface area contributed by atoms with E-state index in [1.54, 1.807) is 24.4 Å². The van der Waals surface area contributed by atoms with Gasteiger partial charge in [-0.25, -0.2) is 8.78 Å². The summed E-state index contributed by atoms with van der Waals surface area (Å²) in [6, 6.07) is 12.6. The van der Waals surface area contributed by atoms with Crippen molar-refractivity contribution in [3.8, 4) is 11.1 Å². The van der Waals surface area contributed by atoms with Crippen LogP contribution in [0.15, 0.2) is 65.4 Å². The van der Waals surface area contributed by atoms with Crippen molar-refractivity contribution in [1.82, 2.24) is 9.97 Å². The number of hydrogen-bond donors (Lipinski definition) is 2. The van der Waals surface area contributed by atoms with Crippen LogP contribution in [0.2, 0.25) is 0 Å². The van der Waals surface area contributed by atoms with Crippen LogP contribution in [0.5, 0.6) is 0 Å². The average molecular weight is 717 g/mol. The zero-order valence-corrected chi connectivity index (χ0v) is 30.0. The van der Waals surface area contributed by atoms with E-state index in [-0.39, 0.29) is 40.5 Å². The zero-order chi connectivity index (χ0) is 36.0. The average Bonchev–Trinajstić information content (AvgIpc) is 3.26. The van der Waals surface area contributed by atoms with Gasteiger partial charge >= 0.3 is 7.12 Å². The van der Waals surface area contributed by atoms with E-state index in [1.165, 1.54) is 30.5 Å². The smallest absolute Gasteiger partial charge is 0.399 e. The van der Waals surface area contributed by atoms with Crippen molar-refractivity contribution >= 4 is 51.5 Å². The molecule has 8 nitrogen and oxygen atoms in total. The molecule has 2 aromatic heterocycles. The molecule has 0 aliphatic carbocycles. The number of nitrogens with zero attached hydrogens (tertiary/aromatic N) is 4. The van der Waals surface area contributed by atoms with Gasteiger partial charge in [-0.3, -0.25) is 0 Å². The standard InChI is InChI=1S/C15H14FN3.C12H15BN2O2.C9H11BrFN/c1-9(2)12-7-11(16)8-13(15(12)17)10-4-5-19-14(6-10)18-3;1-11(2)12(3,4)17-13(16-11)9-6-7-15-10(8-9)14-5;1-5(2)7-3-6(11)4-8(10)9(7)12/h4-9H,17H2,1-2H3;6-8H,1-4H3;3-5H,12H2,1-2H3. The van der Waals surface area contributed by atoms with E-state index in [1.807, 2.05) is 61.5 Å². The lowest BCUT2D eigenvalue weighted by atomic mass is 9.80. The van der Waals surface area contributed by atoms with Crippen LogP contribution in [0.3, 0.4) is 0 Å². The first-order valence-electron chi connectivity index (χ1n) is 15.3. The molecule has 0 saturated carbocycles. The van der Waals surface area contributed by atoms with E-state index < -0.39 is 7.12 Å². The molecule has 3 heterocycles. The number of anilines is 2. The Morgan fingerprint density at radius 1 is 0.750 bits per heavy atom. The number of nitrogen functional groups attached to an aromatic ring is 2. The molecule has 4 N–H and O–H groups in total. The highest BCUT2D eigenvalue weighted by molar-refractivity contribution is 9.10. The second-order valence-corrected chi connectivity index (χ2v) is 13.7. The van der Waals surface area contributed by atoms with Crippen molar-refractivity contribution < 1.29 is 18.1 Å². The lowest BCUT2D eigenvalue weighted by Gasteiger charge is -2.32. The van der Waals surface area contributed by atoms with Crippen LogP contribution in [-0.4, -0.2) is 28.3 Å². The van der Waals surface area contributed by atoms with E-state index in [0.29, 0.717) is 32.8 Å². The van der Waals surface area contributed by atoms with Gasteiger partial charge in [-0.1, -0.05) is 40.8 Å². The normalized spacial score (nSPS) is 14.4. The largest absolute Gasteiger partial charge is 0.493 e. The fourth-order valence-corrected chi connectivity index (χ4v) is 5.15. The molecule has 0 amide bonds. The van der Waals surface area contributed by atoms with Crippen LogP contribution in [-0.2, 0) is 9.31 Å². The molecule has 2 aromatic carbocycles. The highest BCUT2D eigenvalue weighted by Crippen LogP contribution is 2.37. The van der Waals surface area contributed by atoms with Gasteiger partial charge in [-0.05, 0) is 126 Å². The van der Waals surface area contributed by atoms with E-state index in [2.05, 4.69) is 35.6 Å². The summed E-state index contributed by atoms with van der Waals surface area (Å²) >= 11 is 3.20. The van der Waals surface area contributed by atoms with Gasteiger partial charge in [0.2, 0.25) is 0 Å². The zero-order valence-electron chi connectivity index (χ0n) is 28.4. The summed E-state index contributed by atoms with van der Waals surface area (Å²) in [4.78, 5) is 14.4. The van der Waals surface area contributed by atoms with Crippen LogP contribution in [0.4, 0.5) is 31.8 Å². The van der Waals surface area contributed by atoms with Gasteiger partial charge in [0.25, 0.3) is 11.6 Å². The van der Waals surface area contributed by atoms with Crippen molar-refractivity contribution in [1.29, 1.82) is 0 Å². The van der Waals surface area contributed by atoms with E-state index in [0.717, 1.165) is 16.6 Å². The summed E-state index contributed by atoms with van der Waals surface area (Å²) in [7, 11) is -0.427. The van der Waals surface area contributed by atoms with Crippen molar-refractivity contribution in [3.63, 3.8) is 0 Å². The Balaban J connectivity index is 0.000000200. The molecule has 12 heteroatoms. The molecular weight excluding hydrogens is 677 g/mol. The number of nitrogens with two attached hydrogens (primary N) is 2. The number of rotatable bonds is 4. The number of hydrogen-bond acceptors (Lipinski definition) is 6. The predicted octanol–water partition coefficient (Wildman–Crippen LogP) is 9.37. The maximum absolute atomic E-state index is 13.7. The lowest BCUT2D eigenvalue weighted by molar-refractivity contribution is 0.00578. The summed E-state index contributed by atoms with van der Waals surface area (Å²) in [5, 5.41) is 0. The monoisotopic (exact) mass is 716 g/mol. The number of aromatic nitrogens is 2. The maximum atomic E-state index is 13.7. The van der Waals surface area contributed by atoms with Crippen LogP contribution in [0.25, 0.3) is 20.8 Å². The minimum Gasteiger partial charge on any atom is -0.399 e. The Morgan fingerprint density at radius 3 is 1.75 bits per heavy atom. The molecule has 48 heavy (non-hydrogen) atoms. The van der Waals surface area contributed by atoms with Crippen molar-refractivity contribution in [2.24, 2.45) is 0 Å². The molecule has 5 rings (SSSR count). The molecule has 1 aliphatic heterocycles. The van der Waals surface area contributed by atoms with Crippen molar-refractivity contribution in [3.05, 3.63) is 111 Å². The third-order valence-corrected chi connectivity index (χ3v) is 8.78. The summed E-state index contributed by atoms with van der Waals surface area (Å²) in [5.74, 6) is 0.437. The Kier molecular flexibility index (Phi) is 12.5. The van der Waals surface area contributed by atoms with Crippen LogP contribution >= 0.6 is 15.9 Å². The van der Waals surface area contributed by atoms with E-state index in [9.17, 15) is 8.78 Å². The minimum absolute atomic E-state index is 0.136. The fraction of sp³-hybridized carbons (Fsp3) is 0.333. The van der Waals surface area contributed by atoms with E-state index >= 15 is 0 Å². The highest BCUT2D eigenvalue weighted by Gasteiger charge is 2.51. The third-order valence-electron chi connectivity index (χ3n) is 8.13. The topological polar surface area (TPSA) is 105 Å². The molecule has 0 spiro atoms. The second kappa shape index (κ2) is 15.7. The maximum Gasteiger partial charge on any atom is 0.493 e. The first-order chi connectivity index (χ1) is 22.4. The third kappa shape index (κ3) is 9.16. The quantitative estimate of drug-likeness (QED) is 0.124. The van der Waals surface area contributed by atoms with Crippen LogP contribution < -0.4 is 16.9 Å². The van der Waals surface area contributed by atoms with Gasteiger partial charge in [0, 0.05) is 21.4 Å². The minimum atomic E-state index is -0.427. The molecular formula is C36H40BBrF2N6O2. The van der Waals surface area contributed by atoms with Crippen LogP contribution in [0, 0.1) is 24.8 Å². The fourth-order valence-electron chi connectivity index (χ4n) is 4.71. The molecule has 1 saturated heterocycles. The number of halogens is 3. The predicted molar refractivity (Wildman–Crippen MR) is 193 cm³/mol. The molecule has 0 unspecified atom stereocenters. The Hall–Kier alpha value is -4.36. The highest BCUT2D eigenvalue weighted by atomic mass is 79.9. The first-order valence-corrected chi connectivity index (χ1v) is 16.1. The Labute approximate surface area is 290 Å². The lowest BCUT2D eigenvalue weighted by Crippen LogP contribution is -2.41. The molecule has 0 bridgehead atoms. The van der Waals surface area contributed by atoms with Gasteiger partial charge in [-0.2, -0.15) is 0 Å². The second-order valence-electron chi connectivity index (χ2n) is 12.8. The Bertz CT molecular complexity index is 1840.